The van der Waals surface area contributed by atoms with Crippen LogP contribution in [0, 0.1) is 24.0 Å². The van der Waals surface area contributed by atoms with Crippen LogP contribution in [-0.2, 0) is 12.8 Å². The zero-order chi connectivity index (χ0) is 20.4. The SMILES string of the molecule is Cc1cc(Cc2csc(-c3ccc4c(c3)OCCO4)n2)c(C)cc1CC[N+](=O)[O-]. The van der Waals surface area contributed by atoms with Gasteiger partial charge < -0.3 is 9.47 Å². The van der Waals surface area contributed by atoms with Crippen molar-refractivity contribution >= 4 is 11.3 Å². The van der Waals surface area contributed by atoms with Crippen LogP contribution in [0.2, 0.25) is 0 Å². The van der Waals surface area contributed by atoms with E-state index in [2.05, 4.69) is 24.4 Å². The molecule has 6 nitrogen and oxygen atoms in total. The lowest BCUT2D eigenvalue weighted by Crippen LogP contribution is -2.15. The van der Waals surface area contributed by atoms with Gasteiger partial charge in [0.2, 0.25) is 6.54 Å². The predicted molar refractivity (Wildman–Crippen MR) is 113 cm³/mol. The lowest BCUT2D eigenvalue weighted by molar-refractivity contribution is -0.479. The van der Waals surface area contributed by atoms with Crippen molar-refractivity contribution in [2.75, 3.05) is 19.8 Å². The van der Waals surface area contributed by atoms with Crippen molar-refractivity contribution in [3.8, 4) is 22.1 Å². The summed E-state index contributed by atoms with van der Waals surface area (Å²) in [6.45, 7) is 5.18. The molecule has 0 bridgehead atoms. The Kier molecular flexibility index (Phi) is 5.49. The smallest absolute Gasteiger partial charge is 0.207 e. The van der Waals surface area contributed by atoms with Crippen LogP contribution in [0.4, 0.5) is 0 Å². The Balaban J connectivity index is 1.52. The van der Waals surface area contributed by atoms with Crippen molar-refractivity contribution in [1.29, 1.82) is 0 Å². The van der Waals surface area contributed by atoms with E-state index in [1.165, 1.54) is 5.56 Å². The van der Waals surface area contributed by atoms with Crippen LogP contribution in [0.3, 0.4) is 0 Å². The second-order valence-corrected chi connectivity index (χ2v) is 8.05. The highest BCUT2D eigenvalue weighted by Gasteiger charge is 2.15. The van der Waals surface area contributed by atoms with E-state index in [0.717, 1.165) is 50.9 Å². The molecule has 1 aromatic heterocycles. The molecule has 1 aliphatic rings. The summed E-state index contributed by atoms with van der Waals surface area (Å²) >= 11 is 1.61. The van der Waals surface area contributed by atoms with Gasteiger partial charge in [-0.05, 0) is 54.3 Å². The van der Waals surface area contributed by atoms with Gasteiger partial charge in [-0.15, -0.1) is 11.3 Å². The summed E-state index contributed by atoms with van der Waals surface area (Å²) in [4.78, 5) is 15.2. The van der Waals surface area contributed by atoms with E-state index < -0.39 is 0 Å². The van der Waals surface area contributed by atoms with Crippen molar-refractivity contribution in [1.82, 2.24) is 4.98 Å². The molecule has 2 heterocycles. The average Bonchev–Trinajstić information content (AvgIpc) is 3.17. The Labute approximate surface area is 173 Å². The second kappa shape index (κ2) is 8.21. The van der Waals surface area contributed by atoms with Crippen LogP contribution >= 0.6 is 11.3 Å². The molecule has 7 heteroatoms. The summed E-state index contributed by atoms with van der Waals surface area (Å²) in [5, 5.41) is 13.7. The summed E-state index contributed by atoms with van der Waals surface area (Å²) in [6.07, 6.45) is 1.20. The Morgan fingerprint density at radius 2 is 1.79 bits per heavy atom. The minimum absolute atomic E-state index is 0.0371. The van der Waals surface area contributed by atoms with Gasteiger partial charge in [-0.3, -0.25) is 10.1 Å². The number of rotatable bonds is 6. The molecule has 0 saturated carbocycles. The number of aromatic nitrogens is 1. The highest BCUT2D eigenvalue weighted by atomic mass is 32.1. The minimum atomic E-state index is -0.267. The van der Waals surface area contributed by atoms with E-state index in [1.807, 2.05) is 25.1 Å². The van der Waals surface area contributed by atoms with Gasteiger partial charge in [0.1, 0.15) is 18.2 Å². The molecule has 1 aliphatic heterocycles. The van der Waals surface area contributed by atoms with Crippen molar-refractivity contribution in [3.63, 3.8) is 0 Å². The summed E-state index contributed by atoms with van der Waals surface area (Å²) < 4.78 is 11.3. The number of fused-ring (bicyclic) bond motifs is 1. The Bertz CT molecular complexity index is 1060. The molecule has 4 rings (SSSR count). The van der Waals surface area contributed by atoms with Gasteiger partial charge in [-0.25, -0.2) is 4.98 Å². The first-order chi connectivity index (χ1) is 14.0. The van der Waals surface area contributed by atoms with Crippen LogP contribution in [0.1, 0.15) is 27.9 Å². The summed E-state index contributed by atoms with van der Waals surface area (Å²) in [5.74, 6) is 1.54. The standard InChI is InChI=1S/C22H22N2O4S/c1-14-10-18(15(2)9-16(14)5-6-24(25)26)11-19-13-29-22(23-19)17-3-4-20-21(12-17)28-8-7-27-20/h3-4,9-10,12-13H,5-8,11H2,1-2H3. The molecule has 0 fully saturated rings. The lowest BCUT2D eigenvalue weighted by Gasteiger charge is -2.18. The summed E-state index contributed by atoms with van der Waals surface area (Å²) in [7, 11) is 0. The molecule has 0 atom stereocenters. The van der Waals surface area contributed by atoms with Gasteiger partial charge in [-0.2, -0.15) is 0 Å². The third kappa shape index (κ3) is 4.40. The number of hydrogen-bond donors (Lipinski definition) is 0. The number of hydrogen-bond acceptors (Lipinski definition) is 6. The molecule has 0 radical (unpaired) electrons. The van der Waals surface area contributed by atoms with Gasteiger partial charge in [0.25, 0.3) is 0 Å². The molecule has 3 aromatic rings. The largest absolute Gasteiger partial charge is 0.486 e. The Hall–Kier alpha value is -2.93. The van der Waals surface area contributed by atoms with E-state index in [0.29, 0.717) is 19.6 Å². The molecule has 0 unspecified atom stereocenters. The maximum Gasteiger partial charge on any atom is 0.207 e. The zero-order valence-corrected chi connectivity index (χ0v) is 17.3. The number of nitrogens with zero attached hydrogens (tertiary/aromatic N) is 2. The van der Waals surface area contributed by atoms with E-state index in [-0.39, 0.29) is 11.5 Å². The Morgan fingerprint density at radius 3 is 2.59 bits per heavy atom. The normalized spacial score (nSPS) is 12.8. The number of benzene rings is 2. The van der Waals surface area contributed by atoms with E-state index in [4.69, 9.17) is 14.5 Å². The highest BCUT2D eigenvalue weighted by molar-refractivity contribution is 7.13. The third-order valence-corrected chi connectivity index (χ3v) is 6.01. The predicted octanol–water partition coefficient (Wildman–Crippen LogP) is 4.61. The van der Waals surface area contributed by atoms with Gasteiger partial charge in [0.15, 0.2) is 11.5 Å². The fourth-order valence-electron chi connectivity index (χ4n) is 3.50. The van der Waals surface area contributed by atoms with Gasteiger partial charge in [0.05, 0.1) is 5.69 Å². The van der Waals surface area contributed by atoms with Crippen LogP contribution in [-0.4, -0.2) is 29.7 Å². The number of ether oxygens (including phenoxy) is 2. The maximum absolute atomic E-state index is 10.7. The average molecular weight is 410 g/mol. The molecule has 0 amide bonds. The van der Waals surface area contributed by atoms with Crippen LogP contribution in [0.15, 0.2) is 35.7 Å². The molecule has 2 aromatic carbocycles. The van der Waals surface area contributed by atoms with Gasteiger partial charge in [0, 0.05) is 28.7 Å². The number of nitro groups is 1. The van der Waals surface area contributed by atoms with Crippen molar-refractivity contribution < 1.29 is 14.4 Å². The summed E-state index contributed by atoms with van der Waals surface area (Å²) in [5.41, 5.74) is 6.51. The molecule has 29 heavy (non-hydrogen) atoms. The monoisotopic (exact) mass is 410 g/mol. The summed E-state index contributed by atoms with van der Waals surface area (Å²) in [6, 6.07) is 10.1. The fourth-order valence-corrected chi connectivity index (χ4v) is 4.32. The highest BCUT2D eigenvalue weighted by Crippen LogP contribution is 2.35. The molecular weight excluding hydrogens is 388 g/mol. The van der Waals surface area contributed by atoms with Gasteiger partial charge in [-0.1, -0.05) is 12.1 Å². The second-order valence-electron chi connectivity index (χ2n) is 7.19. The third-order valence-electron chi connectivity index (χ3n) is 5.07. The molecule has 0 saturated heterocycles. The fraction of sp³-hybridized carbons (Fsp3) is 0.318. The van der Waals surface area contributed by atoms with Crippen molar-refractivity contribution in [2.45, 2.75) is 26.7 Å². The van der Waals surface area contributed by atoms with E-state index >= 15 is 0 Å². The van der Waals surface area contributed by atoms with E-state index in [1.54, 1.807) is 11.3 Å². The minimum Gasteiger partial charge on any atom is -0.486 e. The van der Waals surface area contributed by atoms with Crippen molar-refractivity contribution in [3.05, 3.63) is 73.8 Å². The Morgan fingerprint density at radius 1 is 1.07 bits per heavy atom. The zero-order valence-electron chi connectivity index (χ0n) is 16.4. The maximum atomic E-state index is 10.7. The molecule has 150 valence electrons. The lowest BCUT2D eigenvalue weighted by atomic mass is 9.96. The van der Waals surface area contributed by atoms with Gasteiger partial charge >= 0.3 is 0 Å². The van der Waals surface area contributed by atoms with Crippen LogP contribution < -0.4 is 9.47 Å². The molecular formula is C22H22N2O4S. The quantitative estimate of drug-likeness (QED) is 0.438. The number of thiazole rings is 1. The van der Waals surface area contributed by atoms with Crippen molar-refractivity contribution in [2.24, 2.45) is 0 Å². The number of aryl methyl sites for hydroxylation is 2. The van der Waals surface area contributed by atoms with Crippen LogP contribution in [0.5, 0.6) is 11.5 Å². The molecule has 0 aliphatic carbocycles. The van der Waals surface area contributed by atoms with Crippen LogP contribution in [0.25, 0.3) is 10.6 Å². The van der Waals surface area contributed by atoms with E-state index in [9.17, 15) is 10.1 Å². The first-order valence-electron chi connectivity index (χ1n) is 9.55. The first-order valence-corrected chi connectivity index (χ1v) is 10.4. The molecule has 0 spiro atoms. The topological polar surface area (TPSA) is 74.5 Å². The molecule has 0 N–H and O–H groups in total. The first kappa shape index (κ1) is 19.4.